The zero-order valence-electron chi connectivity index (χ0n) is 15.6. The van der Waals surface area contributed by atoms with Gasteiger partial charge in [0.2, 0.25) is 0 Å². The van der Waals surface area contributed by atoms with Crippen LogP contribution in [-0.2, 0) is 0 Å². The smallest absolute Gasteiger partial charge is 0.163 e. The molecule has 0 aliphatic heterocycles. The fourth-order valence-corrected chi connectivity index (χ4v) is 5.48. The third-order valence-electron chi connectivity index (χ3n) is 6.77. The molecule has 0 saturated heterocycles. The van der Waals surface area contributed by atoms with Crippen LogP contribution >= 0.6 is 0 Å². The minimum Gasteiger partial charge on any atom is -0.497 e. The number of rotatable bonds is 1. The second-order valence-electron chi connectivity index (χ2n) is 8.00. The number of hydrogen-bond donors (Lipinski definition) is 1. The van der Waals surface area contributed by atoms with Crippen molar-refractivity contribution in [3.05, 3.63) is 42.0 Å². The Labute approximate surface area is 151 Å². The number of hydrogen-bond acceptors (Lipinski definition) is 3. The summed E-state index contributed by atoms with van der Waals surface area (Å²) in [6, 6.07) is 5.98. The molecule has 0 bridgehead atoms. The van der Waals surface area contributed by atoms with Gasteiger partial charge in [0.05, 0.1) is 13.2 Å². The molecule has 0 aromatic heterocycles. The standard InChI is InChI=1S/C19H24O3.C3H6/c1-19-8-7-13-12-4-3-11(22-2)9-15(12)17(20)10-14(13)16(19)5-6-18(19)21;1-3-2/h3-4,9,13-14,16,18,21H,5-8,10H2,1-2H3;3H,1H2,2H3. The number of benzene rings is 1. The predicted octanol–water partition coefficient (Wildman–Crippen LogP) is 4.74. The molecule has 1 aromatic rings. The number of carbonyl (C=O) groups is 1. The first kappa shape index (κ1) is 18.2. The minimum absolute atomic E-state index is 0.0193. The molecule has 25 heavy (non-hydrogen) atoms. The van der Waals surface area contributed by atoms with E-state index in [0.29, 0.717) is 24.2 Å². The lowest BCUT2D eigenvalue weighted by Gasteiger charge is -2.49. The molecule has 0 spiro atoms. The largest absolute Gasteiger partial charge is 0.497 e. The van der Waals surface area contributed by atoms with Crippen LogP contribution in [0.5, 0.6) is 5.75 Å². The topological polar surface area (TPSA) is 46.5 Å². The van der Waals surface area contributed by atoms with Crippen LogP contribution in [0.15, 0.2) is 30.9 Å². The van der Waals surface area contributed by atoms with Crippen molar-refractivity contribution in [1.82, 2.24) is 0 Å². The fourth-order valence-electron chi connectivity index (χ4n) is 5.48. The maximum Gasteiger partial charge on any atom is 0.163 e. The van der Waals surface area contributed by atoms with Crippen molar-refractivity contribution in [2.24, 2.45) is 17.3 Å². The second kappa shape index (κ2) is 6.95. The highest BCUT2D eigenvalue weighted by Gasteiger charge is 2.55. The van der Waals surface area contributed by atoms with Gasteiger partial charge in [-0.25, -0.2) is 0 Å². The molecule has 1 N–H and O–H groups in total. The van der Waals surface area contributed by atoms with Gasteiger partial charge < -0.3 is 9.84 Å². The maximum absolute atomic E-state index is 12.7. The van der Waals surface area contributed by atoms with Gasteiger partial charge in [0.15, 0.2) is 5.78 Å². The third kappa shape index (κ3) is 2.93. The van der Waals surface area contributed by atoms with E-state index in [9.17, 15) is 9.90 Å². The van der Waals surface area contributed by atoms with E-state index < -0.39 is 0 Å². The first-order valence-electron chi connectivity index (χ1n) is 9.42. The maximum atomic E-state index is 12.7. The third-order valence-corrected chi connectivity index (χ3v) is 6.77. The van der Waals surface area contributed by atoms with Crippen LogP contribution in [0.3, 0.4) is 0 Å². The Morgan fingerprint density at radius 3 is 2.72 bits per heavy atom. The summed E-state index contributed by atoms with van der Waals surface area (Å²) in [5.41, 5.74) is 2.10. The van der Waals surface area contributed by atoms with E-state index in [-0.39, 0.29) is 17.3 Å². The van der Waals surface area contributed by atoms with Gasteiger partial charge >= 0.3 is 0 Å². The number of carbonyl (C=O) groups excluding carboxylic acids is 1. The monoisotopic (exact) mass is 342 g/mol. The van der Waals surface area contributed by atoms with Gasteiger partial charge in [0.25, 0.3) is 0 Å². The molecule has 3 aliphatic rings. The highest BCUT2D eigenvalue weighted by molar-refractivity contribution is 5.99. The zero-order chi connectivity index (χ0) is 18.2. The Morgan fingerprint density at radius 2 is 2.04 bits per heavy atom. The molecule has 0 radical (unpaired) electrons. The summed E-state index contributed by atoms with van der Waals surface area (Å²) in [6.45, 7) is 7.49. The molecule has 2 fully saturated rings. The minimum atomic E-state index is -0.189. The molecule has 3 heteroatoms. The highest BCUT2D eigenvalue weighted by atomic mass is 16.5. The van der Waals surface area contributed by atoms with Crippen LogP contribution in [0, 0.1) is 17.3 Å². The van der Waals surface area contributed by atoms with Gasteiger partial charge in [-0.3, -0.25) is 4.79 Å². The number of fused-ring (bicyclic) bond motifs is 5. The highest BCUT2D eigenvalue weighted by Crippen LogP contribution is 2.60. The Balaban J connectivity index is 0.000000569. The van der Waals surface area contributed by atoms with Crippen LogP contribution in [0.1, 0.15) is 67.8 Å². The average Bonchev–Trinajstić information content (AvgIpc) is 2.91. The van der Waals surface area contributed by atoms with Gasteiger partial charge in [-0.05, 0) is 73.5 Å². The first-order valence-corrected chi connectivity index (χ1v) is 9.42. The molecule has 0 amide bonds. The van der Waals surface area contributed by atoms with Crippen molar-refractivity contribution in [1.29, 1.82) is 0 Å². The summed E-state index contributed by atoms with van der Waals surface area (Å²) in [5, 5.41) is 10.4. The molecule has 136 valence electrons. The quantitative estimate of drug-likeness (QED) is 0.750. The lowest BCUT2D eigenvalue weighted by molar-refractivity contribution is -0.0208. The molecule has 0 heterocycles. The molecule has 4 rings (SSSR count). The van der Waals surface area contributed by atoms with E-state index in [1.165, 1.54) is 5.56 Å². The van der Waals surface area contributed by atoms with Crippen molar-refractivity contribution >= 4 is 5.78 Å². The second-order valence-corrected chi connectivity index (χ2v) is 8.00. The summed E-state index contributed by atoms with van der Waals surface area (Å²) in [6.07, 6.45) is 6.32. The average molecular weight is 342 g/mol. The zero-order valence-corrected chi connectivity index (χ0v) is 15.6. The van der Waals surface area contributed by atoms with E-state index in [2.05, 4.69) is 19.6 Å². The van der Waals surface area contributed by atoms with Crippen LogP contribution in [0.4, 0.5) is 0 Å². The lowest BCUT2D eigenvalue weighted by Crippen LogP contribution is -2.44. The van der Waals surface area contributed by atoms with Crippen LogP contribution < -0.4 is 4.74 Å². The molecule has 1 aromatic carbocycles. The number of allylic oxidation sites excluding steroid dienone is 1. The van der Waals surface area contributed by atoms with Gasteiger partial charge in [0.1, 0.15) is 5.75 Å². The summed E-state index contributed by atoms with van der Waals surface area (Å²) < 4.78 is 5.28. The van der Waals surface area contributed by atoms with E-state index in [1.807, 2.05) is 19.1 Å². The summed E-state index contributed by atoms with van der Waals surface area (Å²) in [7, 11) is 1.64. The molecule has 3 nitrogen and oxygen atoms in total. The molecule has 2 saturated carbocycles. The first-order chi connectivity index (χ1) is 12.0. The van der Waals surface area contributed by atoms with Crippen molar-refractivity contribution in [2.75, 3.05) is 7.11 Å². The number of aliphatic hydroxyl groups excluding tert-OH is 1. The number of aliphatic hydroxyl groups is 1. The number of ketones is 1. The Morgan fingerprint density at radius 1 is 1.32 bits per heavy atom. The van der Waals surface area contributed by atoms with E-state index >= 15 is 0 Å². The summed E-state index contributed by atoms with van der Waals surface area (Å²) in [5.74, 6) is 2.38. The number of ether oxygens (including phenoxy) is 1. The fraction of sp³-hybridized carbons (Fsp3) is 0.591. The van der Waals surface area contributed by atoms with Crippen LogP contribution in [0.2, 0.25) is 0 Å². The van der Waals surface area contributed by atoms with Crippen molar-refractivity contribution in [3.8, 4) is 5.75 Å². The van der Waals surface area contributed by atoms with Crippen LogP contribution in [0.25, 0.3) is 0 Å². The molecule has 3 aliphatic carbocycles. The van der Waals surface area contributed by atoms with Gasteiger partial charge in [-0.15, -0.1) is 6.58 Å². The summed E-state index contributed by atoms with van der Waals surface area (Å²) >= 11 is 0. The van der Waals surface area contributed by atoms with Crippen LogP contribution in [-0.4, -0.2) is 24.1 Å². The number of methoxy groups -OCH3 is 1. The van der Waals surface area contributed by atoms with Gasteiger partial charge in [-0.1, -0.05) is 19.1 Å². The van der Waals surface area contributed by atoms with E-state index in [1.54, 1.807) is 13.2 Å². The van der Waals surface area contributed by atoms with E-state index in [4.69, 9.17) is 4.74 Å². The molecular formula is C22H30O3. The van der Waals surface area contributed by atoms with Crippen molar-refractivity contribution < 1.29 is 14.6 Å². The molecule has 5 unspecified atom stereocenters. The summed E-state index contributed by atoms with van der Waals surface area (Å²) in [4.78, 5) is 12.7. The Kier molecular flexibility index (Phi) is 5.06. The van der Waals surface area contributed by atoms with E-state index in [0.717, 1.165) is 37.0 Å². The molecule has 5 atom stereocenters. The number of Topliss-reactive ketones (excluding diaryl/α,β-unsaturated/α-hetero) is 1. The van der Waals surface area contributed by atoms with Crippen molar-refractivity contribution in [2.45, 2.75) is 58.0 Å². The Bertz CT molecular complexity index is 665. The normalized spacial score (nSPS) is 35.6. The SMILES string of the molecule is C=CC.COc1ccc2c(c1)C(=O)CC1C2CCC2(C)C(O)CCC12. The Hall–Kier alpha value is -1.61. The molecular weight excluding hydrogens is 312 g/mol. The van der Waals surface area contributed by atoms with Crippen molar-refractivity contribution in [3.63, 3.8) is 0 Å². The lowest BCUT2D eigenvalue weighted by atomic mass is 9.55. The van der Waals surface area contributed by atoms with Gasteiger partial charge in [-0.2, -0.15) is 0 Å². The predicted molar refractivity (Wildman–Crippen MR) is 100 cm³/mol. The van der Waals surface area contributed by atoms with Gasteiger partial charge in [0, 0.05) is 12.0 Å².